The van der Waals surface area contributed by atoms with E-state index in [0.717, 1.165) is 42.7 Å². The van der Waals surface area contributed by atoms with Crippen LogP contribution < -0.4 is 10.2 Å². The van der Waals surface area contributed by atoms with Gasteiger partial charge >= 0.3 is 6.03 Å². The van der Waals surface area contributed by atoms with Crippen molar-refractivity contribution >= 4 is 29.2 Å². The molecule has 144 valence electrons. The van der Waals surface area contributed by atoms with E-state index < -0.39 is 0 Å². The van der Waals surface area contributed by atoms with Crippen LogP contribution in [0.3, 0.4) is 0 Å². The van der Waals surface area contributed by atoms with Gasteiger partial charge in [0.05, 0.1) is 0 Å². The molecule has 0 spiro atoms. The summed E-state index contributed by atoms with van der Waals surface area (Å²) in [4.78, 5) is 28.9. The fourth-order valence-electron chi connectivity index (χ4n) is 6.36. The van der Waals surface area contributed by atoms with Crippen molar-refractivity contribution in [3.05, 3.63) is 29.3 Å². The Morgan fingerprint density at radius 3 is 2.22 bits per heavy atom. The SMILES string of the molecule is O=C(CN1CCN(c2ccc(Cl)cc2)C1=O)NC12CC3CC(CC(C3)C1)C2. The van der Waals surface area contributed by atoms with Gasteiger partial charge in [-0.25, -0.2) is 4.79 Å². The average molecular weight is 388 g/mol. The highest BCUT2D eigenvalue weighted by Crippen LogP contribution is 2.55. The summed E-state index contributed by atoms with van der Waals surface area (Å²) in [6.07, 6.45) is 7.47. The van der Waals surface area contributed by atoms with E-state index in [1.165, 1.54) is 19.3 Å². The standard InChI is InChI=1S/C21H26ClN3O2/c22-17-1-3-18(4-2-17)25-6-5-24(20(25)27)13-19(26)23-21-10-14-7-15(11-21)9-16(8-14)12-21/h1-4,14-16H,5-13H2,(H,23,26). The number of carbonyl (C=O) groups excluding carboxylic acids is 2. The van der Waals surface area contributed by atoms with Gasteiger partial charge in [-0.05, 0) is 80.5 Å². The predicted octanol–water partition coefficient (Wildman–Crippen LogP) is 3.67. The number of rotatable bonds is 4. The molecule has 4 saturated carbocycles. The van der Waals surface area contributed by atoms with Gasteiger partial charge in [-0.1, -0.05) is 11.6 Å². The Kier molecular flexibility index (Phi) is 4.12. The molecule has 5 aliphatic rings. The quantitative estimate of drug-likeness (QED) is 0.857. The lowest BCUT2D eigenvalue weighted by molar-refractivity contribution is -0.127. The number of hydrogen-bond acceptors (Lipinski definition) is 2. The third kappa shape index (κ3) is 3.20. The predicted molar refractivity (Wildman–Crippen MR) is 105 cm³/mol. The molecule has 1 N–H and O–H groups in total. The molecular weight excluding hydrogens is 362 g/mol. The van der Waals surface area contributed by atoms with Gasteiger partial charge in [0, 0.05) is 29.3 Å². The molecule has 0 aromatic heterocycles. The molecule has 1 saturated heterocycles. The number of nitrogens with zero attached hydrogens (tertiary/aromatic N) is 2. The maximum absolute atomic E-state index is 12.8. The summed E-state index contributed by atoms with van der Waals surface area (Å²) in [5.74, 6) is 2.39. The highest BCUT2D eigenvalue weighted by Gasteiger charge is 2.51. The third-order valence-corrected chi connectivity index (χ3v) is 7.26. The first-order chi connectivity index (χ1) is 13.0. The molecule has 0 unspecified atom stereocenters. The van der Waals surface area contributed by atoms with E-state index in [-0.39, 0.29) is 24.0 Å². The van der Waals surface area contributed by atoms with Gasteiger partial charge in [0.25, 0.3) is 0 Å². The lowest BCUT2D eigenvalue weighted by Gasteiger charge is -2.57. The molecule has 5 nitrogen and oxygen atoms in total. The first-order valence-corrected chi connectivity index (χ1v) is 10.5. The highest BCUT2D eigenvalue weighted by atomic mass is 35.5. The Balaban J connectivity index is 1.22. The number of halogens is 1. The normalized spacial score (nSPS) is 34.4. The summed E-state index contributed by atoms with van der Waals surface area (Å²) in [5.41, 5.74) is 0.832. The minimum atomic E-state index is -0.0991. The average Bonchev–Trinajstić information content (AvgIpc) is 2.94. The summed E-state index contributed by atoms with van der Waals surface area (Å²) in [7, 11) is 0. The minimum Gasteiger partial charge on any atom is -0.349 e. The molecule has 6 rings (SSSR count). The Morgan fingerprint density at radius 2 is 1.63 bits per heavy atom. The van der Waals surface area contributed by atoms with Crippen LogP contribution in [-0.4, -0.2) is 42.0 Å². The van der Waals surface area contributed by atoms with Gasteiger partial charge < -0.3 is 10.2 Å². The lowest BCUT2D eigenvalue weighted by Crippen LogP contribution is -2.61. The Morgan fingerprint density at radius 1 is 1.04 bits per heavy atom. The number of urea groups is 1. The number of amides is 3. The molecule has 1 aromatic carbocycles. The van der Waals surface area contributed by atoms with E-state index in [9.17, 15) is 9.59 Å². The molecule has 0 atom stereocenters. The fourth-order valence-corrected chi connectivity index (χ4v) is 6.49. The maximum Gasteiger partial charge on any atom is 0.325 e. The van der Waals surface area contributed by atoms with E-state index in [0.29, 0.717) is 18.1 Å². The van der Waals surface area contributed by atoms with Crippen molar-refractivity contribution in [2.75, 3.05) is 24.5 Å². The van der Waals surface area contributed by atoms with Crippen molar-refractivity contribution in [1.29, 1.82) is 0 Å². The number of anilines is 1. The zero-order chi connectivity index (χ0) is 18.6. The largest absolute Gasteiger partial charge is 0.349 e. The van der Waals surface area contributed by atoms with Crippen LogP contribution in [0, 0.1) is 17.8 Å². The van der Waals surface area contributed by atoms with Gasteiger partial charge in [0.1, 0.15) is 6.54 Å². The minimum absolute atomic E-state index is 0.00301. The first-order valence-electron chi connectivity index (χ1n) is 10.1. The summed E-state index contributed by atoms with van der Waals surface area (Å²) < 4.78 is 0. The number of benzene rings is 1. The van der Waals surface area contributed by atoms with Crippen LogP contribution in [0.5, 0.6) is 0 Å². The first kappa shape index (κ1) is 17.4. The number of nitrogens with one attached hydrogen (secondary N) is 1. The summed E-state index contributed by atoms with van der Waals surface area (Å²) in [6.45, 7) is 1.34. The van der Waals surface area contributed by atoms with Gasteiger partial charge in [0.15, 0.2) is 0 Å². The van der Waals surface area contributed by atoms with E-state index in [4.69, 9.17) is 11.6 Å². The highest BCUT2D eigenvalue weighted by molar-refractivity contribution is 6.30. The summed E-state index contributed by atoms with van der Waals surface area (Å²) in [5, 5.41) is 4.02. The molecule has 1 heterocycles. The molecule has 4 aliphatic carbocycles. The molecule has 6 heteroatoms. The molecule has 27 heavy (non-hydrogen) atoms. The van der Waals surface area contributed by atoms with Crippen molar-refractivity contribution in [2.45, 2.75) is 44.1 Å². The summed E-state index contributed by atoms with van der Waals surface area (Å²) in [6, 6.07) is 7.16. The van der Waals surface area contributed by atoms with Crippen molar-refractivity contribution < 1.29 is 9.59 Å². The van der Waals surface area contributed by atoms with Gasteiger partial charge in [-0.15, -0.1) is 0 Å². The van der Waals surface area contributed by atoms with E-state index in [1.807, 2.05) is 12.1 Å². The monoisotopic (exact) mass is 387 g/mol. The van der Waals surface area contributed by atoms with E-state index >= 15 is 0 Å². The topological polar surface area (TPSA) is 52.7 Å². The van der Waals surface area contributed by atoms with Crippen LogP contribution in [0.25, 0.3) is 0 Å². The van der Waals surface area contributed by atoms with Crippen molar-refractivity contribution in [3.8, 4) is 0 Å². The molecular formula is C21H26ClN3O2. The summed E-state index contributed by atoms with van der Waals surface area (Å²) >= 11 is 5.93. The van der Waals surface area contributed by atoms with Crippen LogP contribution in [0.15, 0.2) is 24.3 Å². The van der Waals surface area contributed by atoms with Crippen LogP contribution in [0.2, 0.25) is 5.02 Å². The zero-order valence-electron chi connectivity index (χ0n) is 15.5. The van der Waals surface area contributed by atoms with Crippen molar-refractivity contribution in [3.63, 3.8) is 0 Å². The molecule has 0 radical (unpaired) electrons. The van der Waals surface area contributed by atoms with Gasteiger partial charge in [-0.2, -0.15) is 0 Å². The second-order valence-corrected chi connectivity index (χ2v) is 9.51. The Labute approximate surface area is 165 Å². The van der Waals surface area contributed by atoms with Crippen molar-refractivity contribution in [1.82, 2.24) is 10.2 Å². The molecule has 4 bridgehead atoms. The molecule has 3 amide bonds. The zero-order valence-corrected chi connectivity index (χ0v) is 16.3. The van der Waals surface area contributed by atoms with Crippen LogP contribution in [0.1, 0.15) is 38.5 Å². The van der Waals surface area contributed by atoms with Crippen LogP contribution in [-0.2, 0) is 4.79 Å². The Bertz CT molecular complexity index is 728. The van der Waals surface area contributed by atoms with Crippen LogP contribution in [0.4, 0.5) is 10.5 Å². The lowest BCUT2D eigenvalue weighted by atomic mass is 9.53. The van der Waals surface area contributed by atoms with Gasteiger partial charge in [-0.3, -0.25) is 9.69 Å². The van der Waals surface area contributed by atoms with Gasteiger partial charge in [0.2, 0.25) is 5.91 Å². The van der Waals surface area contributed by atoms with E-state index in [2.05, 4.69) is 5.32 Å². The molecule has 1 aliphatic heterocycles. The second-order valence-electron chi connectivity index (χ2n) is 9.08. The maximum atomic E-state index is 12.8. The second kappa shape index (κ2) is 6.40. The fraction of sp³-hybridized carbons (Fsp3) is 0.619. The van der Waals surface area contributed by atoms with Crippen molar-refractivity contribution in [2.24, 2.45) is 17.8 Å². The van der Waals surface area contributed by atoms with Crippen LogP contribution >= 0.6 is 11.6 Å². The third-order valence-electron chi connectivity index (χ3n) is 7.01. The van der Waals surface area contributed by atoms with E-state index in [1.54, 1.807) is 21.9 Å². The number of carbonyl (C=O) groups is 2. The molecule has 5 fully saturated rings. The Hall–Kier alpha value is -1.75. The smallest absolute Gasteiger partial charge is 0.325 e. The number of hydrogen-bond donors (Lipinski definition) is 1. The molecule has 1 aromatic rings.